The number of aliphatic hydroxyl groups is 1. The minimum absolute atomic E-state index is 0.255. The van der Waals surface area contributed by atoms with Crippen molar-refractivity contribution in [2.24, 2.45) is 0 Å². The van der Waals surface area contributed by atoms with Gasteiger partial charge in [0.25, 0.3) is 0 Å². The highest BCUT2D eigenvalue weighted by molar-refractivity contribution is 7.15. The highest BCUT2D eigenvalue weighted by Crippen LogP contribution is 2.38. The van der Waals surface area contributed by atoms with Crippen molar-refractivity contribution in [3.05, 3.63) is 11.1 Å². The predicted molar refractivity (Wildman–Crippen MR) is 81.8 cm³/mol. The maximum absolute atomic E-state index is 9.22. The molecule has 2 heterocycles. The lowest BCUT2D eigenvalue weighted by atomic mass is 10.2. The lowest BCUT2D eigenvalue weighted by molar-refractivity contribution is 0.183. The summed E-state index contributed by atoms with van der Waals surface area (Å²) < 4.78 is 4.19. The first-order valence-electron chi connectivity index (χ1n) is 6.17. The van der Waals surface area contributed by atoms with E-state index in [0.717, 1.165) is 40.7 Å². The molecule has 0 bridgehead atoms. The van der Waals surface area contributed by atoms with Crippen LogP contribution in [0.3, 0.4) is 0 Å². The Morgan fingerprint density at radius 3 is 2.95 bits per heavy atom. The average molecular weight is 298 g/mol. The molecule has 0 aliphatic rings. The number of nitrogen functional groups attached to an aromatic ring is 1. The summed E-state index contributed by atoms with van der Waals surface area (Å²) in [7, 11) is 0. The number of thiazole rings is 1. The van der Waals surface area contributed by atoms with Crippen LogP contribution in [0.4, 0.5) is 10.8 Å². The van der Waals surface area contributed by atoms with Crippen LogP contribution >= 0.6 is 22.9 Å². The number of anilines is 2. The first kappa shape index (κ1) is 14.2. The van der Waals surface area contributed by atoms with Crippen molar-refractivity contribution >= 4 is 33.7 Å². The Hall–Kier alpha value is -1.18. The number of nitrogens with two attached hydrogens (primary N) is 1. The number of aryl methyl sites for hydroxylation is 1. The van der Waals surface area contributed by atoms with Gasteiger partial charge in [-0.1, -0.05) is 0 Å². The van der Waals surface area contributed by atoms with E-state index < -0.39 is 0 Å². The zero-order chi connectivity index (χ0) is 13.8. The summed E-state index contributed by atoms with van der Waals surface area (Å²) in [4.78, 5) is 4.46. The summed E-state index contributed by atoms with van der Waals surface area (Å²) in [5, 5.41) is 16.4. The smallest absolute Gasteiger partial charge is 0.149 e. The van der Waals surface area contributed by atoms with Gasteiger partial charge in [0.05, 0.1) is 11.7 Å². The van der Waals surface area contributed by atoms with Crippen LogP contribution in [-0.4, -0.2) is 27.1 Å². The quantitative estimate of drug-likeness (QED) is 0.714. The van der Waals surface area contributed by atoms with Gasteiger partial charge in [-0.3, -0.25) is 0 Å². The molecule has 1 atom stereocenters. The van der Waals surface area contributed by atoms with E-state index in [1.165, 1.54) is 11.5 Å². The first-order chi connectivity index (χ1) is 9.08. The third-order valence-corrected chi connectivity index (χ3v) is 4.43. The monoisotopic (exact) mass is 298 g/mol. The van der Waals surface area contributed by atoms with E-state index in [-0.39, 0.29) is 6.10 Å². The molecular formula is C12H18N4OS2. The molecule has 0 amide bonds. The summed E-state index contributed by atoms with van der Waals surface area (Å²) in [6, 6.07) is 0. The largest absolute Gasteiger partial charge is 0.393 e. The summed E-state index contributed by atoms with van der Waals surface area (Å²) >= 11 is 2.93. The average Bonchev–Trinajstić information content (AvgIpc) is 2.91. The Kier molecular flexibility index (Phi) is 4.73. The Labute approximate surface area is 120 Å². The number of aliphatic hydroxyl groups excluding tert-OH is 1. The zero-order valence-electron chi connectivity index (χ0n) is 11.0. The van der Waals surface area contributed by atoms with Gasteiger partial charge >= 0.3 is 0 Å². The van der Waals surface area contributed by atoms with Gasteiger partial charge in [0.1, 0.15) is 15.8 Å². The van der Waals surface area contributed by atoms with Gasteiger partial charge in [0, 0.05) is 17.6 Å². The molecule has 2 aromatic heterocycles. The van der Waals surface area contributed by atoms with Crippen molar-refractivity contribution in [2.45, 2.75) is 32.8 Å². The topological polar surface area (TPSA) is 84.1 Å². The molecule has 0 fully saturated rings. The van der Waals surface area contributed by atoms with Crippen LogP contribution in [0.2, 0.25) is 0 Å². The Morgan fingerprint density at radius 2 is 2.32 bits per heavy atom. The third kappa shape index (κ3) is 3.65. The standard InChI is InChI=1S/C12H18N4OS2/c1-7-6-18-12(15-7)9-10(13)16-19-11(9)14-5-3-4-8(2)17/h6,8,14,17H,3-5H2,1-2H3,(H2,13,16). The van der Waals surface area contributed by atoms with Gasteiger partial charge in [-0.15, -0.1) is 11.3 Å². The third-order valence-electron chi connectivity index (χ3n) is 2.64. The molecule has 7 heteroatoms. The van der Waals surface area contributed by atoms with E-state index in [1.54, 1.807) is 18.3 Å². The maximum Gasteiger partial charge on any atom is 0.149 e. The molecule has 104 valence electrons. The van der Waals surface area contributed by atoms with Crippen LogP contribution in [0, 0.1) is 6.92 Å². The van der Waals surface area contributed by atoms with E-state index in [4.69, 9.17) is 5.73 Å². The van der Waals surface area contributed by atoms with Crippen LogP contribution in [0.25, 0.3) is 10.6 Å². The lowest BCUT2D eigenvalue weighted by Crippen LogP contribution is -2.06. The Morgan fingerprint density at radius 1 is 1.53 bits per heavy atom. The minimum Gasteiger partial charge on any atom is -0.393 e. The van der Waals surface area contributed by atoms with Crippen LogP contribution in [-0.2, 0) is 0 Å². The van der Waals surface area contributed by atoms with Gasteiger partial charge < -0.3 is 16.2 Å². The van der Waals surface area contributed by atoms with Crippen molar-refractivity contribution < 1.29 is 5.11 Å². The fourth-order valence-corrected chi connectivity index (χ4v) is 3.36. The summed E-state index contributed by atoms with van der Waals surface area (Å²) in [5.74, 6) is 0.525. The fraction of sp³-hybridized carbons (Fsp3) is 0.500. The van der Waals surface area contributed by atoms with Crippen LogP contribution in [0.1, 0.15) is 25.5 Å². The van der Waals surface area contributed by atoms with Crippen molar-refractivity contribution in [3.63, 3.8) is 0 Å². The minimum atomic E-state index is -0.255. The zero-order valence-corrected chi connectivity index (χ0v) is 12.6. The second-order valence-corrected chi connectivity index (χ2v) is 6.12. The number of hydrogen-bond acceptors (Lipinski definition) is 7. The molecule has 19 heavy (non-hydrogen) atoms. The molecule has 2 aromatic rings. The Bertz CT molecular complexity index is 536. The van der Waals surface area contributed by atoms with E-state index in [9.17, 15) is 5.11 Å². The number of hydrogen-bond donors (Lipinski definition) is 3. The summed E-state index contributed by atoms with van der Waals surface area (Å²) in [6.07, 6.45) is 1.44. The molecule has 0 saturated heterocycles. The molecule has 0 aliphatic carbocycles. The van der Waals surface area contributed by atoms with Gasteiger partial charge in [-0.05, 0) is 38.2 Å². The van der Waals surface area contributed by atoms with E-state index in [2.05, 4.69) is 14.7 Å². The summed E-state index contributed by atoms with van der Waals surface area (Å²) in [6.45, 7) is 4.56. The molecule has 0 aromatic carbocycles. The van der Waals surface area contributed by atoms with Crippen molar-refractivity contribution in [1.82, 2.24) is 9.36 Å². The normalized spacial score (nSPS) is 12.6. The van der Waals surface area contributed by atoms with E-state index in [1.807, 2.05) is 12.3 Å². The Balaban J connectivity index is 2.06. The predicted octanol–water partition coefficient (Wildman–Crippen LogP) is 2.73. The molecule has 1 unspecified atom stereocenters. The molecule has 0 aliphatic heterocycles. The molecule has 5 nitrogen and oxygen atoms in total. The van der Waals surface area contributed by atoms with Crippen LogP contribution < -0.4 is 11.1 Å². The van der Waals surface area contributed by atoms with Gasteiger partial charge in [0.2, 0.25) is 0 Å². The molecule has 0 radical (unpaired) electrons. The second kappa shape index (κ2) is 6.31. The lowest BCUT2D eigenvalue weighted by Gasteiger charge is -2.06. The highest BCUT2D eigenvalue weighted by Gasteiger charge is 2.16. The van der Waals surface area contributed by atoms with Crippen LogP contribution in [0.15, 0.2) is 5.38 Å². The fourth-order valence-electron chi connectivity index (χ4n) is 1.70. The maximum atomic E-state index is 9.22. The van der Waals surface area contributed by atoms with Crippen molar-refractivity contribution in [1.29, 1.82) is 0 Å². The van der Waals surface area contributed by atoms with Gasteiger partial charge in [-0.2, -0.15) is 4.37 Å². The number of rotatable bonds is 6. The number of nitrogens with zero attached hydrogens (tertiary/aromatic N) is 2. The molecule has 2 rings (SSSR count). The number of aromatic nitrogens is 2. The van der Waals surface area contributed by atoms with E-state index >= 15 is 0 Å². The molecular weight excluding hydrogens is 280 g/mol. The number of nitrogens with one attached hydrogen (secondary N) is 1. The van der Waals surface area contributed by atoms with Gasteiger partial charge in [-0.25, -0.2) is 4.98 Å². The molecule has 0 spiro atoms. The summed E-state index contributed by atoms with van der Waals surface area (Å²) in [5.41, 5.74) is 7.82. The van der Waals surface area contributed by atoms with Crippen molar-refractivity contribution in [3.8, 4) is 10.6 Å². The van der Waals surface area contributed by atoms with E-state index in [0.29, 0.717) is 5.82 Å². The second-order valence-electron chi connectivity index (χ2n) is 4.48. The molecule has 0 saturated carbocycles. The van der Waals surface area contributed by atoms with Crippen LogP contribution in [0.5, 0.6) is 0 Å². The molecule has 4 N–H and O–H groups in total. The highest BCUT2D eigenvalue weighted by atomic mass is 32.1. The van der Waals surface area contributed by atoms with Gasteiger partial charge in [0.15, 0.2) is 0 Å². The van der Waals surface area contributed by atoms with Crippen molar-refractivity contribution in [2.75, 3.05) is 17.6 Å². The SMILES string of the molecule is Cc1csc(-c2c(N)nsc2NCCCC(C)O)n1. The first-order valence-corrected chi connectivity index (χ1v) is 7.83.